The number of aliphatic hydroxyl groups is 1. The molecule has 1 aliphatic heterocycles. The minimum absolute atomic E-state index is 0.0663. The Labute approximate surface area is 274 Å². The van der Waals surface area contributed by atoms with Gasteiger partial charge in [0.1, 0.15) is 35.0 Å². The summed E-state index contributed by atoms with van der Waals surface area (Å²) in [5.74, 6) is 0.519. The van der Waals surface area contributed by atoms with Crippen LogP contribution in [-0.2, 0) is 10.3 Å². The number of carbonyl (C=O) groups excluding carboxylic acids is 1. The van der Waals surface area contributed by atoms with Gasteiger partial charge in [0.25, 0.3) is 0 Å². The molecule has 1 heterocycles. The number of hydrogen-bond acceptors (Lipinski definition) is 6. The Morgan fingerprint density at radius 1 is 0.729 bits per heavy atom. The number of carbonyl (C=O) groups is 1. The van der Waals surface area contributed by atoms with Crippen LogP contribution in [0.25, 0.3) is 11.1 Å². The molecule has 1 aliphatic carbocycles. The van der Waals surface area contributed by atoms with Crippen molar-refractivity contribution in [3.63, 3.8) is 0 Å². The number of para-hydroxylation sites is 1. The van der Waals surface area contributed by atoms with Crippen molar-refractivity contribution in [1.82, 2.24) is 10.6 Å². The van der Waals surface area contributed by atoms with E-state index in [4.69, 9.17) is 9.47 Å². The Bertz CT molecular complexity index is 1870. The Morgan fingerprint density at radius 3 is 1.75 bits per heavy atom. The van der Waals surface area contributed by atoms with Gasteiger partial charge in [0.2, 0.25) is 0 Å². The van der Waals surface area contributed by atoms with E-state index in [1.165, 1.54) is 12.1 Å². The lowest BCUT2D eigenvalue weighted by molar-refractivity contribution is -0.274. The first kappa shape index (κ1) is 31.3. The van der Waals surface area contributed by atoms with E-state index in [0.717, 1.165) is 34.4 Å². The summed E-state index contributed by atoms with van der Waals surface area (Å²) < 4.78 is 54.6. The van der Waals surface area contributed by atoms with E-state index >= 15 is 0 Å². The average Bonchev–Trinajstić information content (AvgIpc) is 3.39. The third-order valence-electron chi connectivity index (χ3n) is 8.99. The molecular weight excluding hydrogens is 621 g/mol. The molecule has 1 atom stereocenters. The Morgan fingerprint density at radius 2 is 1.23 bits per heavy atom. The predicted molar refractivity (Wildman–Crippen MR) is 173 cm³/mol. The Balaban J connectivity index is 1.17. The summed E-state index contributed by atoms with van der Waals surface area (Å²) in [4.78, 5) is 13.6. The molecule has 0 radical (unpaired) electrons. The van der Waals surface area contributed by atoms with Crippen molar-refractivity contribution in [3.05, 3.63) is 150 Å². The Kier molecular flexibility index (Phi) is 8.06. The van der Waals surface area contributed by atoms with Gasteiger partial charge in [-0.15, -0.1) is 13.2 Å². The lowest BCUT2D eigenvalue weighted by Gasteiger charge is -2.53. The number of fused-ring (bicyclic) bond motifs is 3. The second-order valence-electron chi connectivity index (χ2n) is 11.9. The molecule has 1 fully saturated rings. The van der Waals surface area contributed by atoms with Crippen molar-refractivity contribution >= 4 is 6.09 Å². The van der Waals surface area contributed by atoms with Gasteiger partial charge >= 0.3 is 12.5 Å². The second-order valence-corrected chi connectivity index (χ2v) is 11.9. The predicted octanol–water partition coefficient (Wildman–Crippen LogP) is 7.49. The van der Waals surface area contributed by atoms with Crippen molar-refractivity contribution < 1.29 is 37.3 Å². The molecule has 0 saturated carbocycles. The van der Waals surface area contributed by atoms with Gasteiger partial charge in [-0.1, -0.05) is 91.0 Å². The molecule has 5 aromatic carbocycles. The highest BCUT2D eigenvalue weighted by atomic mass is 19.4. The van der Waals surface area contributed by atoms with Crippen LogP contribution in [-0.4, -0.2) is 42.8 Å². The highest BCUT2D eigenvalue weighted by Gasteiger charge is 2.58. The third-order valence-corrected chi connectivity index (χ3v) is 8.99. The summed E-state index contributed by atoms with van der Waals surface area (Å²) in [5.41, 5.74) is 1.68. The zero-order chi connectivity index (χ0) is 33.4. The Hall–Kier alpha value is -5.32. The number of rotatable bonds is 9. The van der Waals surface area contributed by atoms with Crippen LogP contribution in [0.4, 0.5) is 18.0 Å². The van der Waals surface area contributed by atoms with E-state index in [1.807, 2.05) is 78.9 Å². The first-order valence-electron chi connectivity index (χ1n) is 15.4. The molecule has 0 aromatic heterocycles. The number of amides is 1. The van der Waals surface area contributed by atoms with E-state index in [2.05, 4.69) is 15.4 Å². The molecular formula is C38H31F3N2O5. The molecule has 1 amide bonds. The standard InChI is InChI=1S/C38H31F3N2O5/c39-38(40,41)48-29-20-16-26(17-21-29)37(45,25-14-18-28(19-15-25)47-27-8-2-1-3-9-27)36(23-42-24-36)43-35(44)46-22-34-32-12-6-4-10-30(32)31-11-5-7-13-33(31)34/h1-21,34,42,45H,22-24H2,(H,43,44). The first-order valence-corrected chi connectivity index (χ1v) is 15.4. The van der Waals surface area contributed by atoms with Gasteiger partial charge in [0.05, 0.1) is 0 Å². The van der Waals surface area contributed by atoms with Crippen LogP contribution in [0.2, 0.25) is 0 Å². The third kappa shape index (κ3) is 5.85. The zero-order valence-electron chi connectivity index (χ0n) is 25.5. The lowest BCUT2D eigenvalue weighted by atomic mass is 9.67. The molecule has 7 nitrogen and oxygen atoms in total. The second kappa shape index (κ2) is 12.4. The summed E-state index contributed by atoms with van der Waals surface area (Å²) in [5, 5.41) is 18.8. The van der Waals surface area contributed by atoms with Gasteiger partial charge in [-0.2, -0.15) is 0 Å². The van der Waals surface area contributed by atoms with Crippen LogP contribution in [0.3, 0.4) is 0 Å². The quantitative estimate of drug-likeness (QED) is 0.153. The van der Waals surface area contributed by atoms with E-state index in [0.29, 0.717) is 17.1 Å². The smallest absolute Gasteiger partial charge is 0.457 e. The normalized spacial score (nSPS) is 16.1. The van der Waals surface area contributed by atoms with Crippen LogP contribution in [0, 0.1) is 0 Å². The number of benzene rings is 5. The van der Waals surface area contributed by atoms with E-state index in [9.17, 15) is 23.1 Å². The van der Waals surface area contributed by atoms with Crippen molar-refractivity contribution in [2.45, 2.75) is 23.4 Å². The maximum absolute atomic E-state index is 13.6. The molecule has 1 unspecified atom stereocenters. The average molecular weight is 653 g/mol. The fraction of sp³-hybridized carbons (Fsp3) is 0.184. The number of hydrogen-bond donors (Lipinski definition) is 3. The fourth-order valence-electron chi connectivity index (χ4n) is 6.65. The molecule has 2 aliphatic rings. The summed E-state index contributed by atoms with van der Waals surface area (Å²) in [6.45, 7) is 0.365. The van der Waals surface area contributed by atoms with E-state index in [1.54, 1.807) is 24.3 Å². The van der Waals surface area contributed by atoms with Gasteiger partial charge < -0.3 is 30.0 Å². The van der Waals surface area contributed by atoms with Gasteiger partial charge in [-0.25, -0.2) is 4.79 Å². The topological polar surface area (TPSA) is 89.1 Å². The number of nitrogens with one attached hydrogen (secondary N) is 2. The van der Waals surface area contributed by atoms with Gasteiger partial charge in [-0.3, -0.25) is 0 Å². The van der Waals surface area contributed by atoms with Crippen molar-refractivity contribution in [2.24, 2.45) is 0 Å². The number of alkyl carbamates (subject to hydrolysis) is 1. The molecule has 7 rings (SSSR count). The zero-order valence-corrected chi connectivity index (χ0v) is 25.5. The molecule has 3 N–H and O–H groups in total. The summed E-state index contributed by atoms with van der Waals surface area (Å²) >= 11 is 0. The lowest BCUT2D eigenvalue weighted by Crippen LogP contribution is -2.78. The van der Waals surface area contributed by atoms with Crippen LogP contribution >= 0.6 is 0 Å². The maximum Gasteiger partial charge on any atom is 0.573 e. The number of halogens is 3. The molecule has 244 valence electrons. The SMILES string of the molecule is O=C(NC1(C(O)(c2ccc(Oc3ccccc3)cc2)c2ccc(OC(F)(F)F)cc2)CNC1)OCC1c2ccccc2-c2ccccc21. The van der Waals surface area contributed by atoms with Gasteiger partial charge in [0, 0.05) is 19.0 Å². The highest BCUT2D eigenvalue weighted by molar-refractivity contribution is 5.79. The molecule has 10 heteroatoms. The summed E-state index contributed by atoms with van der Waals surface area (Å²) in [6, 6.07) is 36.8. The van der Waals surface area contributed by atoms with Gasteiger partial charge in [0.15, 0.2) is 0 Å². The van der Waals surface area contributed by atoms with Crippen molar-refractivity contribution in [3.8, 4) is 28.4 Å². The first-order chi connectivity index (χ1) is 23.2. The molecule has 1 saturated heterocycles. The van der Waals surface area contributed by atoms with Gasteiger partial charge in [-0.05, 0) is 69.8 Å². The highest BCUT2D eigenvalue weighted by Crippen LogP contribution is 2.46. The largest absolute Gasteiger partial charge is 0.573 e. The number of ether oxygens (including phenoxy) is 3. The molecule has 0 bridgehead atoms. The molecule has 48 heavy (non-hydrogen) atoms. The van der Waals surface area contributed by atoms with Crippen molar-refractivity contribution in [1.29, 1.82) is 0 Å². The maximum atomic E-state index is 13.6. The summed E-state index contributed by atoms with van der Waals surface area (Å²) in [7, 11) is 0. The monoisotopic (exact) mass is 652 g/mol. The van der Waals surface area contributed by atoms with Crippen LogP contribution in [0.1, 0.15) is 28.2 Å². The summed E-state index contributed by atoms with van der Waals surface area (Å²) in [6.07, 6.45) is -5.62. The minimum Gasteiger partial charge on any atom is -0.457 e. The van der Waals surface area contributed by atoms with E-state index in [-0.39, 0.29) is 31.2 Å². The molecule has 5 aromatic rings. The van der Waals surface area contributed by atoms with Crippen LogP contribution in [0.5, 0.6) is 17.2 Å². The van der Waals surface area contributed by atoms with E-state index < -0.39 is 29.3 Å². The molecule has 0 spiro atoms. The van der Waals surface area contributed by atoms with Crippen LogP contribution < -0.4 is 20.1 Å². The van der Waals surface area contributed by atoms with Crippen molar-refractivity contribution in [2.75, 3.05) is 19.7 Å². The fourth-order valence-corrected chi connectivity index (χ4v) is 6.65. The number of alkyl halides is 3. The minimum atomic E-state index is -4.88. The van der Waals surface area contributed by atoms with Crippen LogP contribution in [0.15, 0.2) is 127 Å².